The van der Waals surface area contributed by atoms with Gasteiger partial charge in [0.25, 0.3) is 5.56 Å². The largest absolute Gasteiger partial charge is 0.379 e. The molecule has 160 valence electrons. The first kappa shape index (κ1) is 18.9. The molecule has 0 spiro atoms. The van der Waals surface area contributed by atoms with Gasteiger partial charge in [0.05, 0.1) is 42.8 Å². The van der Waals surface area contributed by atoms with Crippen molar-refractivity contribution in [3.8, 4) is 17.1 Å². The zero-order chi connectivity index (χ0) is 21.5. The van der Waals surface area contributed by atoms with Crippen molar-refractivity contribution in [1.29, 1.82) is 0 Å². The molecule has 0 bridgehead atoms. The smallest absolute Gasteiger partial charge is 0.297 e. The predicted molar refractivity (Wildman–Crippen MR) is 118 cm³/mol. The molecule has 2 aromatic carbocycles. The van der Waals surface area contributed by atoms with Crippen LogP contribution in [0.4, 0.5) is 0 Å². The van der Waals surface area contributed by atoms with Crippen LogP contribution in [0.1, 0.15) is 24.4 Å². The van der Waals surface area contributed by atoms with Gasteiger partial charge in [-0.2, -0.15) is 10.2 Å². The minimum Gasteiger partial charge on any atom is -0.379 e. The number of hydrogen-bond acceptors (Lipinski definition) is 6. The van der Waals surface area contributed by atoms with E-state index in [0.29, 0.717) is 24.5 Å². The summed E-state index contributed by atoms with van der Waals surface area (Å²) in [7, 11) is 0. The van der Waals surface area contributed by atoms with Gasteiger partial charge in [0.2, 0.25) is 0 Å². The Bertz CT molecular complexity index is 1400. The average molecular weight is 427 g/mol. The van der Waals surface area contributed by atoms with E-state index in [-0.39, 0.29) is 11.6 Å². The zero-order valence-corrected chi connectivity index (χ0v) is 17.3. The summed E-state index contributed by atoms with van der Waals surface area (Å²) in [6, 6.07) is 16.0. The molecule has 0 saturated carbocycles. The number of hydrogen-bond donors (Lipinski definition) is 0. The van der Waals surface area contributed by atoms with E-state index in [1.165, 1.54) is 0 Å². The highest BCUT2D eigenvalue weighted by atomic mass is 16.5. The third-order valence-electron chi connectivity index (χ3n) is 5.94. The van der Waals surface area contributed by atoms with E-state index in [4.69, 9.17) is 9.84 Å². The molecule has 1 saturated heterocycles. The Balaban J connectivity index is 1.43. The molecule has 9 heteroatoms. The van der Waals surface area contributed by atoms with Crippen LogP contribution >= 0.6 is 0 Å². The molecular formula is C23H21N7O2. The number of benzene rings is 2. The first-order valence-corrected chi connectivity index (χ1v) is 10.7. The molecule has 3 aliphatic rings. The normalized spacial score (nSPS) is 16.7. The lowest BCUT2D eigenvalue weighted by Gasteiger charge is -2.21. The molecule has 1 atom stereocenters. The molecule has 0 amide bonds. The second kappa shape index (κ2) is 7.69. The van der Waals surface area contributed by atoms with Crippen LogP contribution in [0.2, 0.25) is 0 Å². The Hall–Kier alpha value is -3.85. The van der Waals surface area contributed by atoms with E-state index in [2.05, 4.69) is 15.4 Å². The number of ether oxygens (including phenoxy) is 1. The summed E-state index contributed by atoms with van der Waals surface area (Å²) >= 11 is 0. The van der Waals surface area contributed by atoms with Crippen molar-refractivity contribution in [2.24, 2.45) is 0 Å². The molecule has 0 aliphatic carbocycles. The molecule has 0 radical (unpaired) electrons. The van der Waals surface area contributed by atoms with E-state index in [1.54, 1.807) is 21.8 Å². The molecular weight excluding hydrogens is 406 g/mol. The van der Waals surface area contributed by atoms with Gasteiger partial charge in [-0.3, -0.25) is 9.48 Å². The van der Waals surface area contributed by atoms with Gasteiger partial charge in [-0.1, -0.05) is 35.5 Å². The van der Waals surface area contributed by atoms with Gasteiger partial charge in [0, 0.05) is 12.0 Å². The Morgan fingerprint density at radius 2 is 1.91 bits per heavy atom. The monoisotopic (exact) mass is 427 g/mol. The molecule has 3 aliphatic heterocycles. The van der Waals surface area contributed by atoms with Gasteiger partial charge < -0.3 is 4.74 Å². The van der Waals surface area contributed by atoms with Crippen molar-refractivity contribution in [2.45, 2.75) is 25.4 Å². The summed E-state index contributed by atoms with van der Waals surface area (Å²) in [5.74, 6) is 0. The van der Waals surface area contributed by atoms with Crippen molar-refractivity contribution >= 4 is 10.9 Å². The maximum absolute atomic E-state index is 13.2. The quantitative estimate of drug-likeness (QED) is 0.438. The molecule has 0 N–H and O–H groups in total. The number of fused-ring (bicyclic) bond motifs is 3. The van der Waals surface area contributed by atoms with Gasteiger partial charge in [-0.15, -0.1) is 5.10 Å². The maximum atomic E-state index is 13.2. The molecule has 1 unspecified atom stereocenters. The zero-order valence-electron chi connectivity index (χ0n) is 17.3. The van der Waals surface area contributed by atoms with Gasteiger partial charge in [0.1, 0.15) is 5.69 Å². The fraction of sp³-hybridized carbons (Fsp3) is 0.261. The van der Waals surface area contributed by atoms with Crippen molar-refractivity contribution in [3.05, 3.63) is 76.8 Å². The van der Waals surface area contributed by atoms with Crippen molar-refractivity contribution in [3.63, 3.8) is 0 Å². The number of aromatic nitrogens is 7. The first-order valence-electron chi connectivity index (χ1n) is 10.7. The van der Waals surface area contributed by atoms with Gasteiger partial charge >= 0.3 is 0 Å². The number of nitrogens with zero attached hydrogens (tertiary/aromatic N) is 7. The number of rotatable bonds is 4. The van der Waals surface area contributed by atoms with E-state index < -0.39 is 0 Å². The Kier molecular flexibility index (Phi) is 4.53. The summed E-state index contributed by atoms with van der Waals surface area (Å²) in [6.45, 7) is 1.78. The van der Waals surface area contributed by atoms with Gasteiger partial charge in [-0.25, -0.2) is 9.36 Å². The lowest BCUT2D eigenvalue weighted by molar-refractivity contribution is 0.0540. The molecule has 4 heterocycles. The van der Waals surface area contributed by atoms with E-state index >= 15 is 0 Å². The predicted octanol–water partition coefficient (Wildman–Crippen LogP) is 2.68. The Labute approximate surface area is 183 Å². The minimum absolute atomic E-state index is 0.0398. The topological polar surface area (TPSA) is 92.6 Å². The number of para-hydroxylation sites is 1. The minimum atomic E-state index is -0.156. The summed E-state index contributed by atoms with van der Waals surface area (Å²) in [6.07, 6.45) is 5.27. The highest BCUT2D eigenvalue weighted by molar-refractivity contribution is 5.92. The van der Waals surface area contributed by atoms with Crippen LogP contribution in [-0.2, 0) is 11.3 Å². The Morgan fingerprint density at radius 1 is 1.03 bits per heavy atom. The third kappa shape index (κ3) is 3.18. The van der Waals surface area contributed by atoms with Crippen LogP contribution in [0.5, 0.6) is 0 Å². The highest BCUT2D eigenvalue weighted by Gasteiger charge is 2.26. The van der Waals surface area contributed by atoms with Crippen LogP contribution in [0.3, 0.4) is 0 Å². The lowest BCUT2D eigenvalue weighted by Crippen LogP contribution is -2.29. The van der Waals surface area contributed by atoms with Crippen molar-refractivity contribution in [2.75, 3.05) is 13.2 Å². The molecule has 6 rings (SSSR count). The Morgan fingerprint density at radius 3 is 2.69 bits per heavy atom. The average Bonchev–Trinajstić information content (AvgIpc) is 3.49. The molecule has 9 nitrogen and oxygen atoms in total. The molecule has 1 aromatic heterocycles. The standard InChI is InChI=1S/C23H21N7O2/c31-23-22-21(26-30(23)18-4-3-13-32-15-18)19-5-1-2-6-20(19)29(25-22)14-16-7-9-17(10-8-16)28-12-11-24-27-28/h1-2,5-12,18H,3-4,13-15H2. The summed E-state index contributed by atoms with van der Waals surface area (Å²) in [5.41, 5.74) is 3.82. The van der Waals surface area contributed by atoms with Crippen LogP contribution < -0.4 is 5.56 Å². The van der Waals surface area contributed by atoms with Crippen LogP contribution in [0, 0.1) is 0 Å². The fourth-order valence-electron chi connectivity index (χ4n) is 4.31. The van der Waals surface area contributed by atoms with Crippen LogP contribution in [-0.4, -0.2) is 47.8 Å². The maximum Gasteiger partial charge on any atom is 0.297 e. The molecule has 3 aromatic rings. The summed E-state index contributed by atoms with van der Waals surface area (Å²) in [5, 5.41) is 18.2. The van der Waals surface area contributed by atoms with Gasteiger partial charge in [0.15, 0.2) is 5.69 Å². The molecule has 32 heavy (non-hydrogen) atoms. The second-order valence-corrected chi connectivity index (χ2v) is 8.01. The second-order valence-electron chi connectivity index (χ2n) is 8.01. The van der Waals surface area contributed by atoms with Crippen LogP contribution in [0.25, 0.3) is 28.0 Å². The van der Waals surface area contributed by atoms with Crippen LogP contribution in [0.15, 0.2) is 65.7 Å². The first-order chi connectivity index (χ1) is 15.8. The SMILES string of the molecule is O=c1c2nn(Cc3ccc(-n4ccnn4)cc3)c3ccccc3c-2nn1C1CCCOC1. The van der Waals surface area contributed by atoms with E-state index in [1.807, 2.05) is 53.2 Å². The highest BCUT2D eigenvalue weighted by Crippen LogP contribution is 2.27. The molecule has 1 fully saturated rings. The van der Waals surface area contributed by atoms with Crippen molar-refractivity contribution in [1.82, 2.24) is 34.6 Å². The summed E-state index contributed by atoms with van der Waals surface area (Å²) in [4.78, 5) is 13.2. The van der Waals surface area contributed by atoms with E-state index in [9.17, 15) is 4.79 Å². The fourth-order valence-corrected chi connectivity index (χ4v) is 4.31. The third-order valence-corrected chi connectivity index (χ3v) is 5.94. The van der Waals surface area contributed by atoms with Gasteiger partial charge in [-0.05, 0) is 36.6 Å². The lowest BCUT2D eigenvalue weighted by atomic mass is 10.1. The van der Waals surface area contributed by atoms with Crippen molar-refractivity contribution < 1.29 is 4.74 Å². The summed E-state index contributed by atoms with van der Waals surface area (Å²) < 4.78 is 10.7. The van der Waals surface area contributed by atoms with E-state index in [0.717, 1.165) is 41.6 Å².